The van der Waals surface area contributed by atoms with Gasteiger partial charge in [0.2, 0.25) is 0 Å². The van der Waals surface area contributed by atoms with Crippen LogP contribution in [0.3, 0.4) is 0 Å². The first kappa shape index (κ1) is 10.2. The molecule has 0 bridgehead atoms. The van der Waals surface area contributed by atoms with Crippen molar-refractivity contribution in [3.63, 3.8) is 0 Å². The third-order valence-corrected chi connectivity index (χ3v) is 2.27. The standard InChI is InChI=1S/C11H17NO/c1-8(2)11(12)10-5-3-9(7-13)4-6-10/h3-6,8,11,13H,7,12H2,1-2H3/t11-/m0/s1. The number of nitrogens with two attached hydrogens (primary N) is 1. The summed E-state index contributed by atoms with van der Waals surface area (Å²) in [6.07, 6.45) is 0. The number of hydrogen-bond acceptors (Lipinski definition) is 2. The van der Waals surface area contributed by atoms with E-state index in [1.54, 1.807) is 0 Å². The van der Waals surface area contributed by atoms with Gasteiger partial charge in [0, 0.05) is 6.04 Å². The number of aliphatic hydroxyl groups excluding tert-OH is 1. The molecule has 0 heterocycles. The average molecular weight is 179 g/mol. The topological polar surface area (TPSA) is 46.2 Å². The predicted octanol–water partition coefficient (Wildman–Crippen LogP) is 1.83. The van der Waals surface area contributed by atoms with Gasteiger partial charge in [-0.05, 0) is 17.0 Å². The average Bonchev–Trinajstić information content (AvgIpc) is 2.17. The molecule has 0 saturated heterocycles. The van der Waals surface area contributed by atoms with Crippen molar-refractivity contribution in [2.24, 2.45) is 11.7 Å². The molecule has 2 heteroatoms. The van der Waals surface area contributed by atoms with Gasteiger partial charge < -0.3 is 10.8 Å². The Labute approximate surface area is 79.4 Å². The molecule has 0 saturated carbocycles. The van der Waals surface area contributed by atoms with Gasteiger partial charge in [0.05, 0.1) is 6.61 Å². The number of rotatable bonds is 3. The molecule has 0 aliphatic rings. The summed E-state index contributed by atoms with van der Waals surface area (Å²) in [6, 6.07) is 7.88. The van der Waals surface area contributed by atoms with Gasteiger partial charge >= 0.3 is 0 Å². The van der Waals surface area contributed by atoms with E-state index in [2.05, 4.69) is 13.8 Å². The van der Waals surface area contributed by atoms with Gasteiger partial charge in [-0.2, -0.15) is 0 Å². The van der Waals surface area contributed by atoms with Crippen molar-refractivity contribution in [1.82, 2.24) is 0 Å². The lowest BCUT2D eigenvalue weighted by Crippen LogP contribution is -2.16. The first-order valence-corrected chi connectivity index (χ1v) is 4.60. The van der Waals surface area contributed by atoms with E-state index in [4.69, 9.17) is 10.8 Å². The Morgan fingerprint density at radius 2 is 1.77 bits per heavy atom. The van der Waals surface area contributed by atoms with Crippen LogP contribution in [0.4, 0.5) is 0 Å². The zero-order valence-corrected chi connectivity index (χ0v) is 8.20. The van der Waals surface area contributed by atoms with Crippen LogP contribution in [0.5, 0.6) is 0 Å². The minimum atomic E-state index is 0.0905. The molecule has 1 aromatic carbocycles. The second-order valence-electron chi connectivity index (χ2n) is 3.67. The molecule has 0 aliphatic heterocycles. The lowest BCUT2D eigenvalue weighted by molar-refractivity contribution is 0.282. The molecular weight excluding hydrogens is 162 g/mol. The fourth-order valence-corrected chi connectivity index (χ4v) is 1.23. The number of aliphatic hydroxyl groups is 1. The molecule has 0 unspecified atom stereocenters. The summed E-state index contributed by atoms with van der Waals surface area (Å²) in [5, 5.41) is 8.85. The molecule has 0 radical (unpaired) electrons. The van der Waals surface area contributed by atoms with E-state index in [1.165, 1.54) is 0 Å². The Bertz CT molecular complexity index is 253. The highest BCUT2D eigenvalue weighted by Crippen LogP contribution is 2.18. The summed E-state index contributed by atoms with van der Waals surface area (Å²) in [5.41, 5.74) is 8.03. The largest absolute Gasteiger partial charge is 0.392 e. The molecule has 0 aliphatic carbocycles. The Kier molecular flexibility index (Phi) is 3.46. The highest BCUT2D eigenvalue weighted by atomic mass is 16.3. The lowest BCUT2D eigenvalue weighted by Gasteiger charge is -2.15. The predicted molar refractivity (Wildman–Crippen MR) is 54.1 cm³/mol. The second-order valence-corrected chi connectivity index (χ2v) is 3.67. The molecule has 1 rings (SSSR count). The fourth-order valence-electron chi connectivity index (χ4n) is 1.23. The highest BCUT2D eigenvalue weighted by molar-refractivity contribution is 5.24. The van der Waals surface area contributed by atoms with E-state index in [-0.39, 0.29) is 12.6 Å². The van der Waals surface area contributed by atoms with Gasteiger partial charge in [0.25, 0.3) is 0 Å². The molecule has 13 heavy (non-hydrogen) atoms. The zero-order valence-electron chi connectivity index (χ0n) is 8.20. The van der Waals surface area contributed by atoms with Gasteiger partial charge in [-0.3, -0.25) is 0 Å². The molecule has 72 valence electrons. The van der Waals surface area contributed by atoms with Crippen LogP contribution in [0, 0.1) is 5.92 Å². The second kappa shape index (κ2) is 4.40. The third kappa shape index (κ3) is 2.54. The molecule has 1 atom stereocenters. The van der Waals surface area contributed by atoms with E-state index >= 15 is 0 Å². The molecule has 2 nitrogen and oxygen atoms in total. The maximum absolute atomic E-state index is 8.85. The molecular formula is C11H17NO. The monoisotopic (exact) mass is 179 g/mol. The Morgan fingerprint density at radius 1 is 1.23 bits per heavy atom. The third-order valence-electron chi connectivity index (χ3n) is 2.27. The van der Waals surface area contributed by atoms with Crippen LogP contribution in [-0.2, 0) is 6.61 Å². The lowest BCUT2D eigenvalue weighted by atomic mass is 9.96. The molecule has 1 aromatic rings. The Hall–Kier alpha value is -0.860. The van der Waals surface area contributed by atoms with E-state index in [0.29, 0.717) is 5.92 Å². The van der Waals surface area contributed by atoms with Crippen LogP contribution in [0.1, 0.15) is 31.0 Å². The maximum atomic E-state index is 8.85. The maximum Gasteiger partial charge on any atom is 0.0681 e. The van der Waals surface area contributed by atoms with Crippen LogP contribution in [0.25, 0.3) is 0 Å². The van der Waals surface area contributed by atoms with Gasteiger partial charge in [-0.1, -0.05) is 38.1 Å². The molecule has 0 fully saturated rings. The first-order chi connectivity index (χ1) is 6.15. The highest BCUT2D eigenvalue weighted by Gasteiger charge is 2.09. The smallest absolute Gasteiger partial charge is 0.0681 e. The van der Waals surface area contributed by atoms with Crippen LogP contribution in [0.15, 0.2) is 24.3 Å². The van der Waals surface area contributed by atoms with Gasteiger partial charge in [-0.15, -0.1) is 0 Å². The Morgan fingerprint density at radius 3 is 2.15 bits per heavy atom. The quantitative estimate of drug-likeness (QED) is 0.743. The summed E-state index contributed by atoms with van der Waals surface area (Å²) < 4.78 is 0. The van der Waals surface area contributed by atoms with Crippen molar-refractivity contribution >= 4 is 0 Å². The van der Waals surface area contributed by atoms with Crippen molar-refractivity contribution in [2.45, 2.75) is 26.5 Å². The normalized spacial score (nSPS) is 13.3. The first-order valence-electron chi connectivity index (χ1n) is 4.60. The van der Waals surface area contributed by atoms with E-state index < -0.39 is 0 Å². The van der Waals surface area contributed by atoms with Crippen molar-refractivity contribution in [1.29, 1.82) is 0 Å². The van der Waals surface area contributed by atoms with Crippen molar-refractivity contribution in [3.05, 3.63) is 35.4 Å². The van der Waals surface area contributed by atoms with Crippen LogP contribution in [-0.4, -0.2) is 5.11 Å². The fraction of sp³-hybridized carbons (Fsp3) is 0.455. The van der Waals surface area contributed by atoms with Crippen LogP contribution >= 0.6 is 0 Å². The Balaban J connectivity index is 2.79. The van der Waals surface area contributed by atoms with Crippen LogP contribution < -0.4 is 5.73 Å². The molecule has 0 aromatic heterocycles. The number of hydrogen-bond donors (Lipinski definition) is 2. The summed E-state index contributed by atoms with van der Waals surface area (Å²) in [4.78, 5) is 0. The summed E-state index contributed by atoms with van der Waals surface area (Å²) in [5.74, 6) is 0.444. The van der Waals surface area contributed by atoms with Crippen molar-refractivity contribution < 1.29 is 5.11 Å². The minimum absolute atomic E-state index is 0.0905. The van der Waals surface area contributed by atoms with Crippen molar-refractivity contribution in [3.8, 4) is 0 Å². The van der Waals surface area contributed by atoms with Crippen molar-refractivity contribution in [2.75, 3.05) is 0 Å². The molecule has 0 spiro atoms. The van der Waals surface area contributed by atoms with E-state index in [9.17, 15) is 0 Å². The molecule has 3 N–H and O–H groups in total. The zero-order chi connectivity index (χ0) is 9.84. The minimum Gasteiger partial charge on any atom is -0.392 e. The summed E-state index contributed by atoms with van der Waals surface area (Å²) in [7, 11) is 0. The molecule has 0 amide bonds. The van der Waals surface area contributed by atoms with Gasteiger partial charge in [0.15, 0.2) is 0 Å². The van der Waals surface area contributed by atoms with Gasteiger partial charge in [-0.25, -0.2) is 0 Å². The van der Waals surface area contributed by atoms with E-state index in [0.717, 1.165) is 11.1 Å². The SMILES string of the molecule is CC(C)[C@H](N)c1ccc(CO)cc1. The number of benzene rings is 1. The summed E-state index contributed by atoms with van der Waals surface area (Å²) in [6.45, 7) is 4.30. The van der Waals surface area contributed by atoms with Crippen LogP contribution in [0.2, 0.25) is 0 Å². The van der Waals surface area contributed by atoms with E-state index in [1.807, 2.05) is 24.3 Å². The summed E-state index contributed by atoms with van der Waals surface area (Å²) >= 11 is 0. The van der Waals surface area contributed by atoms with Gasteiger partial charge in [0.1, 0.15) is 0 Å².